The minimum atomic E-state index is -0.411. The molecule has 2 heterocycles. The number of hydrogen-bond donors (Lipinski definition) is 1. The van der Waals surface area contributed by atoms with Crippen LogP contribution < -0.4 is 5.32 Å². The molecule has 0 radical (unpaired) electrons. The maximum absolute atomic E-state index is 12.4. The highest BCUT2D eigenvalue weighted by Crippen LogP contribution is 2.33. The second-order valence-electron chi connectivity index (χ2n) is 7.41. The first kappa shape index (κ1) is 20.9. The number of nitrogens with zero attached hydrogens (tertiary/aromatic N) is 2. The molecule has 31 heavy (non-hydrogen) atoms. The fourth-order valence-electron chi connectivity index (χ4n) is 3.58. The van der Waals surface area contributed by atoms with Gasteiger partial charge in [0.15, 0.2) is 5.13 Å². The number of imide groups is 1. The first-order valence-corrected chi connectivity index (χ1v) is 11.2. The molecule has 7 heteroatoms. The van der Waals surface area contributed by atoms with Gasteiger partial charge in [0.05, 0.1) is 5.69 Å². The number of nitrogens with one attached hydrogen (secondary N) is 1. The Bertz CT molecular complexity index is 1090. The van der Waals surface area contributed by atoms with Crippen molar-refractivity contribution in [2.24, 2.45) is 0 Å². The van der Waals surface area contributed by atoms with Crippen molar-refractivity contribution in [3.05, 3.63) is 59.5 Å². The summed E-state index contributed by atoms with van der Waals surface area (Å²) in [7, 11) is 0. The molecule has 3 amide bonds. The molecule has 2 aromatic carbocycles. The van der Waals surface area contributed by atoms with Gasteiger partial charge in [0.2, 0.25) is 17.7 Å². The third-order valence-corrected chi connectivity index (χ3v) is 6.17. The Hall–Kier alpha value is -3.32. The maximum Gasteiger partial charge on any atom is 0.246 e. The van der Waals surface area contributed by atoms with E-state index >= 15 is 0 Å². The number of carbonyl (C=O) groups excluding carboxylic acids is 3. The van der Waals surface area contributed by atoms with Crippen molar-refractivity contribution in [3.8, 4) is 22.4 Å². The Morgan fingerprint density at radius 2 is 1.58 bits per heavy atom. The van der Waals surface area contributed by atoms with Gasteiger partial charge in [-0.05, 0) is 17.5 Å². The van der Waals surface area contributed by atoms with Gasteiger partial charge in [-0.2, -0.15) is 0 Å². The van der Waals surface area contributed by atoms with Gasteiger partial charge in [-0.25, -0.2) is 4.98 Å². The molecule has 3 aromatic rings. The minimum Gasteiger partial charge on any atom is -0.300 e. The number of aromatic nitrogens is 1. The van der Waals surface area contributed by atoms with Crippen LogP contribution in [0.2, 0.25) is 0 Å². The number of amides is 3. The van der Waals surface area contributed by atoms with Gasteiger partial charge in [-0.15, -0.1) is 11.3 Å². The van der Waals surface area contributed by atoms with Gasteiger partial charge < -0.3 is 5.32 Å². The topological polar surface area (TPSA) is 79.4 Å². The quantitative estimate of drug-likeness (QED) is 0.556. The van der Waals surface area contributed by atoms with Crippen LogP contribution in [0, 0.1) is 0 Å². The van der Waals surface area contributed by atoms with Crippen molar-refractivity contribution >= 4 is 34.2 Å². The lowest BCUT2D eigenvalue weighted by molar-refractivity contribution is -0.141. The molecule has 0 unspecified atom stereocenters. The SMILES string of the molecule is CCCc1sc(NC(=O)CN2C(=O)CCC2=O)nc1-c1ccc(-c2ccccc2)cc1. The number of likely N-dealkylation sites (tertiary alicyclic amines) is 1. The van der Waals surface area contributed by atoms with Gasteiger partial charge in [-0.1, -0.05) is 67.9 Å². The van der Waals surface area contributed by atoms with Gasteiger partial charge in [0, 0.05) is 23.3 Å². The lowest BCUT2D eigenvalue weighted by Gasteiger charge is -2.12. The molecule has 0 saturated carbocycles. The first-order chi connectivity index (χ1) is 15.0. The Labute approximate surface area is 184 Å². The fourth-order valence-corrected chi connectivity index (χ4v) is 4.68. The monoisotopic (exact) mass is 433 g/mol. The first-order valence-electron chi connectivity index (χ1n) is 10.3. The number of thiazole rings is 1. The van der Waals surface area contributed by atoms with Gasteiger partial charge in [-0.3, -0.25) is 19.3 Å². The van der Waals surface area contributed by atoms with Gasteiger partial charge in [0.1, 0.15) is 6.54 Å². The van der Waals surface area contributed by atoms with E-state index in [1.807, 2.05) is 30.3 Å². The van der Waals surface area contributed by atoms with Crippen LogP contribution in [0.4, 0.5) is 5.13 Å². The third kappa shape index (κ3) is 4.72. The van der Waals surface area contributed by atoms with Crippen molar-refractivity contribution in [3.63, 3.8) is 0 Å². The zero-order chi connectivity index (χ0) is 21.8. The van der Waals surface area contributed by atoms with E-state index in [0.717, 1.165) is 45.0 Å². The normalized spacial score (nSPS) is 13.6. The van der Waals surface area contributed by atoms with E-state index in [1.165, 1.54) is 11.3 Å². The number of carbonyl (C=O) groups is 3. The minimum absolute atomic E-state index is 0.174. The predicted octanol–water partition coefficient (Wildman–Crippen LogP) is 4.52. The molecule has 0 atom stereocenters. The number of rotatable bonds is 7. The van der Waals surface area contributed by atoms with Gasteiger partial charge >= 0.3 is 0 Å². The van der Waals surface area contributed by atoms with Gasteiger partial charge in [0.25, 0.3) is 0 Å². The molecule has 1 saturated heterocycles. The average molecular weight is 434 g/mol. The van der Waals surface area contributed by atoms with Crippen molar-refractivity contribution in [2.45, 2.75) is 32.6 Å². The molecule has 158 valence electrons. The molecular formula is C24H23N3O3S. The Morgan fingerprint density at radius 3 is 2.23 bits per heavy atom. The van der Waals surface area contributed by atoms with E-state index in [2.05, 4.69) is 41.5 Å². The van der Waals surface area contributed by atoms with Crippen LogP contribution in [0.1, 0.15) is 31.1 Å². The Morgan fingerprint density at radius 1 is 0.968 bits per heavy atom. The highest BCUT2D eigenvalue weighted by atomic mass is 32.1. The van der Waals surface area contributed by atoms with E-state index in [0.29, 0.717) is 5.13 Å². The van der Waals surface area contributed by atoms with Crippen LogP contribution >= 0.6 is 11.3 Å². The van der Waals surface area contributed by atoms with Crippen molar-refractivity contribution < 1.29 is 14.4 Å². The molecular weight excluding hydrogens is 410 g/mol. The zero-order valence-corrected chi connectivity index (χ0v) is 18.1. The molecule has 1 aliphatic heterocycles. The molecule has 1 aliphatic rings. The van der Waals surface area contributed by atoms with Crippen LogP contribution in [-0.4, -0.2) is 34.2 Å². The van der Waals surface area contributed by atoms with Crippen LogP contribution in [0.3, 0.4) is 0 Å². The fraction of sp³-hybridized carbons (Fsp3) is 0.250. The van der Waals surface area contributed by atoms with E-state index in [9.17, 15) is 14.4 Å². The third-order valence-electron chi connectivity index (χ3n) is 5.14. The summed E-state index contributed by atoms with van der Waals surface area (Å²) in [6.45, 7) is 1.84. The molecule has 1 aromatic heterocycles. The molecule has 0 aliphatic carbocycles. The number of hydrogen-bond acceptors (Lipinski definition) is 5. The zero-order valence-electron chi connectivity index (χ0n) is 17.3. The second-order valence-corrected chi connectivity index (χ2v) is 8.49. The number of aryl methyl sites for hydroxylation is 1. The Balaban J connectivity index is 1.52. The molecule has 6 nitrogen and oxygen atoms in total. The van der Waals surface area contributed by atoms with Crippen LogP contribution in [0.15, 0.2) is 54.6 Å². The summed E-state index contributed by atoms with van der Waals surface area (Å²) in [4.78, 5) is 42.6. The lowest BCUT2D eigenvalue weighted by atomic mass is 10.0. The molecule has 1 fully saturated rings. The van der Waals surface area contributed by atoms with Crippen LogP contribution in [0.5, 0.6) is 0 Å². The standard InChI is InChI=1S/C24H23N3O3S/c1-2-6-19-23(18-11-9-17(10-12-18)16-7-4-3-5-8-16)26-24(31-19)25-20(28)15-27-21(29)13-14-22(27)30/h3-5,7-12H,2,6,13-15H2,1H3,(H,25,26,28). The van der Waals surface area contributed by atoms with Crippen LogP contribution in [-0.2, 0) is 20.8 Å². The summed E-state index contributed by atoms with van der Waals surface area (Å²) in [5.74, 6) is -1.01. The summed E-state index contributed by atoms with van der Waals surface area (Å²) >= 11 is 1.44. The van der Waals surface area contributed by atoms with E-state index in [1.54, 1.807) is 0 Å². The van der Waals surface area contributed by atoms with Crippen LogP contribution in [0.25, 0.3) is 22.4 Å². The molecule has 1 N–H and O–H groups in total. The van der Waals surface area contributed by atoms with Crippen molar-refractivity contribution in [2.75, 3.05) is 11.9 Å². The number of anilines is 1. The molecule has 0 bridgehead atoms. The highest BCUT2D eigenvalue weighted by molar-refractivity contribution is 7.16. The molecule has 4 rings (SSSR count). The second kappa shape index (κ2) is 9.22. The highest BCUT2D eigenvalue weighted by Gasteiger charge is 2.30. The van der Waals surface area contributed by atoms with E-state index < -0.39 is 5.91 Å². The summed E-state index contributed by atoms with van der Waals surface area (Å²) in [5.41, 5.74) is 4.13. The smallest absolute Gasteiger partial charge is 0.246 e. The summed E-state index contributed by atoms with van der Waals surface area (Å²) < 4.78 is 0. The summed E-state index contributed by atoms with van der Waals surface area (Å²) in [6, 6.07) is 18.4. The summed E-state index contributed by atoms with van der Waals surface area (Å²) in [6.07, 6.45) is 2.16. The maximum atomic E-state index is 12.4. The lowest BCUT2D eigenvalue weighted by Crippen LogP contribution is -2.36. The van der Waals surface area contributed by atoms with Crippen molar-refractivity contribution in [1.82, 2.24) is 9.88 Å². The number of benzene rings is 2. The summed E-state index contributed by atoms with van der Waals surface area (Å²) in [5, 5.41) is 3.24. The van der Waals surface area contributed by atoms with E-state index in [4.69, 9.17) is 0 Å². The largest absolute Gasteiger partial charge is 0.300 e. The average Bonchev–Trinajstić information content (AvgIpc) is 3.32. The Kier molecular flexibility index (Phi) is 6.23. The van der Waals surface area contributed by atoms with E-state index in [-0.39, 0.29) is 31.2 Å². The predicted molar refractivity (Wildman–Crippen MR) is 122 cm³/mol. The van der Waals surface area contributed by atoms with Crippen molar-refractivity contribution in [1.29, 1.82) is 0 Å². The molecule has 0 spiro atoms.